The Morgan fingerprint density at radius 3 is 2.76 bits per heavy atom. The van der Waals surface area contributed by atoms with Crippen molar-refractivity contribution in [2.75, 3.05) is 0 Å². The highest BCUT2D eigenvalue weighted by Crippen LogP contribution is 2.28. The summed E-state index contributed by atoms with van der Waals surface area (Å²) < 4.78 is 13.0. The standard InChI is InChI=1S/C17H13N3O3S2/c1-11(15-18-19-16(23-15)13-5-4-9-24-13)22-17(21)14-12(6-10-25-14)20-7-2-3-8-20/h2-11H,1H3/t11-/m1/s1. The third-order valence-electron chi connectivity index (χ3n) is 3.52. The lowest BCUT2D eigenvalue weighted by molar-refractivity contribution is 0.0286. The average Bonchev–Trinajstić information content (AvgIpc) is 3.43. The maximum absolute atomic E-state index is 12.5. The van der Waals surface area contributed by atoms with Crippen molar-refractivity contribution >= 4 is 28.6 Å². The Morgan fingerprint density at radius 2 is 2.00 bits per heavy atom. The van der Waals surface area contributed by atoms with E-state index in [9.17, 15) is 4.79 Å². The van der Waals surface area contributed by atoms with Gasteiger partial charge in [-0.15, -0.1) is 32.9 Å². The van der Waals surface area contributed by atoms with Gasteiger partial charge in [-0.1, -0.05) is 6.07 Å². The Balaban J connectivity index is 1.51. The molecule has 4 aromatic heterocycles. The second-order valence-electron chi connectivity index (χ2n) is 5.20. The van der Waals surface area contributed by atoms with Gasteiger partial charge >= 0.3 is 5.97 Å². The summed E-state index contributed by atoms with van der Waals surface area (Å²) in [4.78, 5) is 13.9. The van der Waals surface area contributed by atoms with Crippen LogP contribution in [0, 0.1) is 0 Å². The van der Waals surface area contributed by atoms with Crippen molar-refractivity contribution in [2.45, 2.75) is 13.0 Å². The Bertz CT molecular complexity index is 971. The highest BCUT2D eigenvalue weighted by Gasteiger charge is 2.23. The predicted octanol–water partition coefficient (Wildman–Crippen LogP) is 4.57. The molecular weight excluding hydrogens is 358 g/mol. The first-order chi connectivity index (χ1) is 12.2. The van der Waals surface area contributed by atoms with Gasteiger partial charge in [0.05, 0.1) is 10.6 Å². The van der Waals surface area contributed by atoms with Gasteiger partial charge in [0.25, 0.3) is 11.8 Å². The average molecular weight is 371 g/mol. The third-order valence-corrected chi connectivity index (χ3v) is 5.26. The maximum atomic E-state index is 12.5. The molecule has 0 saturated carbocycles. The highest BCUT2D eigenvalue weighted by molar-refractivity contribution is 7.13. The molecule has 0 aromatic carbocycles. The van der Waals surface area contributed by atoms with E-state index in [1.807, 2.05) is 58.1 Å². The normalized spacial score (nSPS) is 12.2. The molecule has 1 atom stereocenters. The van der Waals surface area contributed by atoms with E-state index in [4.69, 9.17) is 9.15 Å². The van der Waals surface area contributed by atoms with Gasteiger partial charge in [0.2, 0.25) is 0 Å². The Labute approximate surface area is 151 Å². The van der Waals surface area contributed by atoms with Crippen LogP contribution in [-0.4, -0.2) is 20.7 Å². The minimum Gasteiger partial charge on any atom is -0.448 e. The third kappa shape index (κ3) is 3.13. The molecule has 0 fully saturated rings. The number of esters is 1. The Hall–Kier alpha value is -2.71. The van der Waals surface area contributed by atoms with Crippen molar-refractivity contribution < 1.29 is 13.9 Å². The monoisotopic (exact) mass is 371 g/mol. The van der Waals surface area contributed by atoms with Crippen LogP contribution in [0.15, 0.2) is 57.9 Å². The van der Waals surface area contributed by atoms with E-state index < -0.39 is 12.1 Å². The van der Waals surface area contributed by atoms with Gasteiger partial charge in [-0.2, -0.15) is 0 Å². The van der Waals surface area contributed by atoms with Crippen LogP contribution in [0.25, 0.3) is 16.5 Å². The fourth-order valence-corrected chi connectivity index (χ4v) is 3.73. The molecule has 0 aliphatic carbocycles. The minimum absolute atomic E-state index is 0.274. The van der Waals surface area contributed by atoms with E-state index in [2.05, 4.69) is 10.2 Å². The predicted molar refractivity (Wildman–Crippen MR) is 95.1 cm³/mol. The van der Waals surface area contributed by atoms with Crippen molar-refractivity contribution in [1.29, 1.82) is 0 Å². The number of aromatic nitrogens is 3. The smallest absolute Gasteiger partial charge is 0.351 e. The van der Waals surface area contributed by atoms with Crippen molar-refractivity contribution in [1.82, 2.24) is 14.8 Å². The van der Waals surface area contributed by atoms with Crippen molar-refractivity contribution in [3.63, 3.8) is 0 Å². The van der Waals surface area contributed by atoms with Crippen LogP contribution in [0.2, 0.25) is 0 Å². The zero-order chi connectivity index (χ0) is 17.2. The summed E-state index contributed by atoms with van der Waals surface area (Å²) in [6.07, 6.45) is 3.13. The fourth-order valence-electron chi connectivity index (χ4n) is 2.32. The second-order valence-corrected chi connectivity index (χ2v) is 7.06. The summed E-state index contributed by atoms with van der Waals surface area (Å²) in [5, 5.41) is 11.8. The molecule has 0 saturated heterocycles. The van der Waals surface area contributed by atoms with E-state index in [0.29, 0.717) is 10.8 Å². The largest absolute Gasteiger partial charge is 0.448 e. The molecule has 0 bridgehead atoms. The molecule has 126 valence electrons. The molecule has 0 aliphatic rings. The molecule has 8 heteroatoms. The molecule has 6 nitrogen and oxygen atoms in total. The first-order valence-electron chi connectivity index (χ1n) is 7.51. The SMILES string of the molecule is C[C@@H](OC(=O)c1sccc1-n1cccc1)c1nnc(-c2cccs2)o1. The van der Waals surface area contributed by atoms with Gasteiger partial charge in [0.15, 0.2) is 6.10 Å². The highest BCUT2D eigenvalue weighted by atomic mass is 32.1. The topological polar surface area (TPSA) is 70.2 Å². The molecular formula is C17H13N3O3S2. The van der Waals surface area contributed by atoms with Crippen LogP contribution in [0.4, 0.5) is 0 Å². The molecule has 0 unspecified atom stereocenters. The van der Waals surface area contributed by atoms with Gasteiger partial charge in [-0.3, -0.25) is 0 Å². The molecule has 0 N–H and O–H groups in total. The number of ether oxygens (including phenoxy) is 1. The van der Waals surface area contributed by atoms with Crippen molar-refractivity contribution in [3.8, 4) is 16.5 Å². The number of hydrogen-bond donors (Lipinski definition) is 0. The van der Waals surface area contributed by atoms with Crippen LogP contribution in [0.5, 0.6) is 0 Å². The van der Waals surface area contributed by atoms with Crippen molar-refractivity contribution in [2.24, 2.45) is 0 Å². The zero-order valence-corrected chi connectivity index (χ0v) is 14.8. The van der Waals surface area contributed by atoms with E-state index >= 15 is 0 Å². The summed E-state index contributed by atoms with van der Waals surface area (Å²) in [6.45, 7) is 1.71. The first-order valence-corrected chi connectivity index (χ1v) is 9.27. The lowest BCUT2D eigenvalue weighted by atomic mass is 10.3. The zero-order valence-electron chi connectivity index (χ0n) is 13.2. The summed E-state index contributed by atoms with van der Waals surface area (Å²) in [7, 11) is 0. The summed E-state index contributed by atoms with van der Waals surface area (Å²) in [5.74, 6) is 0.287. The van der Waals surface area contributed by atoms with Gasteiger partial charge in [0.1, 0.15) is 4.88 Å². The first kappa shape index (κ1) is 15.8. The van der Waals surface area contributed by atoms with Gasteiger partial charge in [0, 0.05) is 12.4 Å². The van der Waals surface area contributed by atoms with Crippen molar-refractivity contribution in [3.05, 3.63) is 64.3 Å². The lowest BCUT2D eigenvalue weighted by Gasteiger charge is -2.10. The molecule has 0 spiro atoms. The van der Waals surface area contributed by atoms with Gasteiger partial charge < -0.3 is 13.7 Å². The van der Waals surface area contributed by atoms with Crippen LogP contribution < -0.4 is 0 Å². The number of nitrogens with zero attached hydrogens (tertiary/aromatic N) is 3. The summed E-state index contributed by atoms with van der Waals surface area (Å²) in [6, 6.07) is 9.49. The molecule has 4 aromatic rings. The minimum atomic E-state index is -0.631. The quantitative estimate of drug-likeness (QED) is 0.481. The molecule has 0 amide bonds. The second kappa shape index (κ2) is 6.66. The van der Waals surface area contributed by atoms with Gasteiger partial charge in [-0.05, 0) is 41.9 Å². The summed E-state index contributed by atoms with van der Waals surface area (Å²) >= 11 is 2.84. The molecule has 0 radical (unpaired) electrons. The van der Waals surface area contributed by atoms with Crippen LogP contribution >= 0.6 is 22.7 Å². The summed E-state index contributed by atoms with van der Waals surface area (Å²) in [5.41, 5.74) is 0.789. The fraction of sp³-hybridized carbons (Fsp3) is 0.118. The Morgan fingerprint density at radius 1 is 1.16 bits per heavy atom. The number of rotatable bonds is 5. The van der Waals surface area contributed by atoms with Crippen LogP contribution in [0.1, 0.15) is 28.6 Å². The van der Waals surface area contributed by atoms with E-state index in [-0.39, 0.29) is 5.89 Å². The number of carbonyl (C=O) groups excluding carboxylic acids is 1. The van der Waals surface area contributed by atoms with E-state index in [1.165, 1.54) is 22.7 Å². The molecule has 25 heavy (non-hydrogen) atoms. The maximum Gasteiger partial charge on any atom is 0.351 e. The number of carbonyl (C=O) groups is 1. The van der Waals surface area contributed by atoms with Crippen LogP contribution in [0.3, 0.4) is 0 Å². The Kier molecular flexibility index (Phi) is 4.21. The van der Waals surface area contributed by atoms with E-state index in [0.717, 1.165) is 10.6 Å². The lowest BCUT2D eigenvalue weighted by Crippen LogP contribution is -2.10. The molecule has 0 aliphatic heterocycles. The van der Waals surface area contributed by atoms with E-state index in [1.54, 1.807) is 6.92 Å². The number of hydrogen-bond acceptors (Lipinski definition) is 7. The van der Waals surface area contributed by atoms with Gasteiger partial charge in [-0.25, -0.2) is 4.79 Å². The number of thiophene rings is 2. The van der Waals surface area contributed by atoms with Crippen LogP contribution in [-0.2, 0) is 4.74 Å². The molecule has 4 rings (SSSR count). The molecule has 4 heterocycles.